The van der Waals surface area contributed by atoms with Crippen molar-refractivity contribution in [2.45, 2.75) is 71.2 Å². The molecule has 3 atom stereocenters. The van der Waals surface area contributed by atoms with E-state index < -0.39 is 5.60 Å². The van der Waals surface area contributed by atoms with Gasteiger partial charge in [-0.15, -0.1) is 0 Å². The third-order valence-corrected chi connectivity index (χ3v) is 3.22. The van der Waals surface area contributed by atoms with Crippen molar-refractivity contribution < 1.29 is 9.84 Å². The molecule has 84 valence electrons. The molecule has 14 heavy (non-hydrogen) atoms. The topological polar surface area (TPSA) is 29.5 Å². The van der Waals surface area contributed by atoms with Gasteiger partial charge in [0.15, 0.2) is 0 Å². The van der Waals surface area contributed by atoms with Gasteiger partial charge in [-0.2, -0.15) is 0 Å². The minimum absolute atomic E-state index is 0.202. The van der Waals surface area contributed by atoms with Gasteiger partial charge >= 0.3 is 0 Å². The van der Waals surface area contributed by atoms with E-state index in [9.17, 15) is 5.11 Å². The van der Waals surface area contributed by atoms with E-state index in [0.29, 0.717) is 5.92 Å². The van der Waals surface area contributed by atoms with E-state index >= 15 is 0 Å². The maximum atomic E-state index is 10.4. The molecule has 2 heteroatoms. The lowest BCUT2D eigenvalue weighted by molar-refractivity contribution is -0.138. The van der Waals surface area contributed by atoms with Crippen molar-refractivity contribution >= 4 is 0 Å². The lowest BCUT2D eigenvalue weighted by Gasteiger charge is -2.40. The maximum Gasteiger partial charge on any atom is 0.0699 e. The molecule has 0 spiro atoms. The maximum absolute atomic E-state index is 10.4. The molecule has 0 aromatic rings. The Bertz CT molecular complexity index is 169. The highest BCUT2D eigenvalue weighted by Crippen LogP contribution is 2.34. The summed E-state index contributed by atoms with van der Waals surface area (Å²) in [5.74, 6) is 0.609. The summed E-state index contributed by atoms with van der Waals surface area (Å²) < 4.78 is 5.64. The second kappa shape index (κ2) is 4.63. The minimum Gasteiger partial charge on any atom is -0.390 e. The predicted molar refractivity (Wildman–Crippen MR) is 58.3 cm³/mol. The molecule has 1 rings (SSSR count). The summed E-state index contributed by atoms with van der Waals surface area (Å²) in [6.45, 7) is 8.50. The standard InChI is InChI=1S/C12H24O2/c1-5-9(2)6-12(13)7-10(3)14-11(4)8-12/h9-11,13H,5-8H2,1-4H3. The Hall–Kier alpha value is -0.0800. The van der Waals surface area contributed by atoms with Crippen molar-refractivity contribution in [1.29, 1.82) is 0 Å². The Kier molecular flexibility index (Phi) is 3.96. The van der Waals surface area contributed by atoms with Crippen LogP contribution in [0.5, 0.6) is 0 Å². The lowest BCUT2D eigenvalue weighted by Crippen LogP contribution is -2.44. The fourth-order valence-corrected chi connectivity index (χ4v) is 2.61. The molecule has 0 bridgehead atoms. The number of ether oxygens (including phenoxy) is 1. The molecule has 0 radical (unpaired) electrons. The summed E-state index contributed by atoms with van der Waals surface area (Å²) in [6, 6.07) is 0. The predicted octanol–water partition coefficient (Wildman–Crippen LogP) is 2.74. The van der Waals surface area contributed by atoms with Crippen LogP contribution in [-0.2, 0) is 4.74 Å². The number of aliphatic hydroxyl groups is 1. The van der Waals surface area contributed by atoms with Crippen molar-refractivity contribution in [2.75, 3.05) is 0 Å². The van der Waals surface area contributed by atoms with Crippen molar-refractivity contribution in [3.8, 4) is 0 Å². The van der Waals surface area contributed by atoms with E-state index in [-0.39, 0.29) is 12.2 Å². The van der Waals surface area contributed by atoms with Crippen molar-refractivity contribution in [2.24, 2.45) is 5.92 Å². The second-order valence-electron chi connectivity index (χ2n) is 5.11. The number of hydrogen-bond donors (Lipinski definition) is 1. The number of rotatable bonds is 3. The molecule has 1 fully saturated rings. The zero-order valence-electron chi connectivity index (χ0n) is 9.92. The minimum atomic E-state index is -0.480. The van der Waals surface area contributed by atoms with Gasteiger partial charge in [0.05, 0.1) is 17.8 Å². The van der Waals surface area contributed by atoms with Crippen LogP contribution in [0.15, 0.2) is 0 Å². The lowest BCUT2D eigenvalue weighted by atomic mass is 9.80. The molecule has 0 aromatic heterocycles. The zero-order chi connectivity index (χ0) is 10.8. The van der Waals surface area contributed by atoms with E-state index in [1.54, 1.807) is 0 Å². The molecular weight excluding hydrogens is 176 g/mol. The van der Waals surface area contributed by atoms with Gasteiger partial charge in [-0.25, -0.2) is 0 Å². The summed E-state index contributed by atoms with van der Waals surface area (Å²) in [6.07, 6.45) is 4.05. The Morgan fingerprint density at radius 3 is 2.29 bits per heavy atom. The van der Waals surface area contributed by atoms with Gasteiger partial charge in [0, 0.05) is 12.8 Å². The van der Waals surface area contributed by atoms with Gasteiger partial charge in [0.1, 0.15) is 0 Å². The first-order valence-electron chi connectivity index (χ1n) is 5.83. The number of hydrogen-bond acceptors (Lipinski definition) is 2. The van der Waals surface area contributed by atoms with E-state index in [2.05, 4.69) is 27.7 Å². The average molecular weight is 200 g/mol. The fourth-order valence-electron chi connectivity index (χ4n) is 2.61. The van der Waals surface area contributed by atoms with Gasteiger partial charge < -0.3 is 9.84 Å². The highest BCUT2D eigenvalue weighted by atomic mass is 16.5. The van der Waals surface area contributed by atoms with Crippen LogP contribution in [0.3, 0.4) is 0 Å². The van der Waals surface area contributed by atoms with Gasteiger partial charge in [0.25, 0.3) is 0 Å². The molecule has 1 N–H and O–H groups in total. The van der Waals surface area contributed by atoms with Gasteiger partial charge in [-0.3, -0.25) is 0 Å². The van der Waals surface area contributed by atoms with Crippen LogP contribution in [0.1, 0.15) is 53.4 Å². The van der Waals surface area contributed by atoms with Crippen LogP contribution in [-0.4, -0.2) is 22.9 Å². The van der Waals surface area contributed by atoms with Crippen molar-refractivity contribution in [3.05, 3.63) is 0 Å². The first-order chi connectivity index (χ1) is 6.45. The van der Waals surface area contributed by atoms with Crippen LogP contribution in [0.2, 0.25) is 0 Å². The molecule has 0 saturated carbocycles. The molecule has 1 saturated heterocycles. The Morgan fingerprint density at radius 2 is 1.86 bits per heavy atom. The van der Waals surface area contributed by atoms with Crippen LogP contribution >= 0.6 is 0 Å². The highest BCUT2D eigenvalue weighted by molar-refractivity contribution is 4.88. The molecule has 3 unspecified atom stereocenters. The first-order valence-corrected chi connectivity index (χ1v) is 5.83. The summed E-state index contributed by atoms with van der Waals surface area (Å²) in [4.78, 5) is 0. The van der Waals surface area contributed by atoms with Crippen molar-refractivity contribution in [3.63, 3.8) is 0 Å². The van der Waals surface area contributed by atoms with Crippen LogP contribution in [0.4, 0.5) is 0 Å². The molecular formula is C12H24O2. The van der Waals surface area contributed by atoms with Crippen LogP contribution in [0, 0.1) is 5.92 Å². The summed E-state index contributed by atoms with van der Waals surface area (Å²) in [5, 5.41) is 10.4. The third kappa shape index (κ3) is 3.25. The molecule has 0 amide bonds. The molecule has 1 heterocycles. The summed E-state index contributed by atoms with van der Waals surface area (Å²) in [5.41, 5.74) is -0.480. The van der Waals surface area contributed by atoms with Gasteiger partial charge in [-0.05, 0) is 26.2 Å². The normalized spacial score (nSPS) is 40.9. The molecule has 0 aliphatic carbocycles. The van der Waals surface area contributed by atoms with E-state index in [1.165, 1.54) is 0 Å². The highest BCUT2D eigenvalue weighted by Gasteiger charge is 2.37. The Balaban J connectivity index is 2.54. The SMILES string of the molecule is CCC(C)CC1(O)CC(C)OC(C)C1. The van der Waals surface area contributed by atoms with E-state index in [4.69, 9.17) is 4.74 Å². The fraction of sp³-hybridized carbons (Fsp3) is 1.00. The summed E-state index contributed by atoms with van der Waals surface area (Å²) >= 11 is 0. The van der Waals surface area contributed by atoms with Crippen LogP contribution < -0.4 is 0 Å². The molecule has 1 aliphatic rings. The van der Waals surface area contributed by atoms with Gasteiger partial charge in [-0.1, -0.05) is 20.3 Å². The second-order valence-corrected chi connectivity index (χ2v) is 5.11. The third-order valence-electron chi connectivity index (χ3n) is 3.22. The smallest absolute Gasteiger partial charge is 0.0699 e. The Morgan fingerprint density at radius 1 is 1.36 bits per heavy atom. The summed E-state index contributed by atoms with van der Waals surface area (Å²) in [7, 11) is 0. The monoisotopic (exact) mass is 200 g/mol. The zero-order valence-corrected chi connectivity index (χ0v) is 9.92. The first kappa shape index (κ1) is 12.0. The largest absolute Gasteiger partial charge is 0.390 e. The Labute approximate surface area is 87.7 Å². The van der Waals surface area contributed by atoms with Gasteiger partial charge in [0.2, 0.25) is 0 Å². The van der Waals surface area contributed by atoms with Crippen LogP contribution in [0.25, 0.3) is 0 Å². The van der Waals surface area contributed by atoms with Crippen molar-refractivity contribution in [1.82, 2.24) is 0 Å². The molecule has 1 aliphatic heterocycles. The quantitative estimate of drug-likeness (QED) is 0.759. The molecule has 2 nitrogen and oxygen atoms in total. The average Bonchev–Trinajstić information content (AvgIpc) is 2.00. The molecule has 0 aromatic carbocycles. The van der Waals surface area contributed by atoms with E-state index in [1.807, 2.05) is 0 Å². The van der Waals surface area contributed by atoms with E-state index in [0.717, 1.165) is 25.7 Å².